The van der Waals surface area contributed by atoms with Crippen LogP contribution in [0.25, 0.3) is 0 Å². The van der Waals surface area contributed by atoms with E-state index in [9.17, 15) is 13.2 Å². The van der Waals surface area contributed by atoms with Crippen molar-refractivity contribution in [3.8, 4) is 0 Å². The van der Waals surface area contributed by atoms with Crippen LogP contribution in [0.4, 0.5) is 13.2 Å². The average molecular weight is 369 g/mol. The first-order chi connectivity index (χ1) is 11.9. The highest BCUT2D eigenvalue weighted by Gasteiger charge is 2.34. The largest absolute Gasteiger partial charge is 0.416 e. The van der Waals surface area contributed by atoms with Gasteiger partial charge in [-0.05, 0) is 36.2 Å². The Morgan fingerprint density at radius 2 is 1.64 bits per heavy atom. The van der Waals surface area contributed by atoms with E-state index in [4.69, 9.17) is 11.6 Å². The number of benzene rings is 2. The smallest absolute Gasteiger partial charge is 0.315 e. The molecule has 2 nitrogen and oxygen atoms in total. The summed E-state index contributed by atoms with van der Waals surface area (Å²) in [5.41, 5.74) is 0.666. The van der Waals surface area contributed by atoms with Crippen molar-refractivity contribution in [2.45, 2.75) is 31.7 Å². The van der Waals surface area contributed by atoms with Gasteiger partial charge in [-0.25, -0.2) is 0 Å². The first-order valence-corrected chi connectivity index (χ1v) is 8.66. The number of rotatable bonds is 5. The molecule has 1 aliphatic rings. The highest BCUT2D eigenvalue weighted by atomic mass is 35.5. The molecule has 0 bridgehead atoms. The van der Waals surface area contributed by atoms with E-state index >= 15 is 0 Å². The Labute approximate surface area is 150 Å². The fraction of sp³-hybridized carbons (Fsp3) is 0.368. The minimum absolute atomic E-state index is 0.192. The SMILES string of the molecule is FC(F)(F)c1ccccc1CN(Cc1ccccc1Cl)C1CCNC1. The Morgan fingerprint density at radius 1 is 1.00 bits per heavy atom. The van der Waals surface area contributed by atoms with Gasteiger partial charge in [-0.2, -0.15) is 13.2 Å². The Morgan fingerprint density at radius 3 is 2.28 bits per heavy atom. The highest BCUT2D eigenvalue weighted by molar-refractivity contribution is 6.31. The van der Waals surface area contributed by atoms with Crippen LogP contribution in [0.15, 0.2) is 48.5 Å². The lowest BCUT2D eigenvalue weighted by Gasteiger charge is -2.30. The summed E-state index contributed by atoms with van der Waals surface area (Å²) in [7, 11) is 0. The summed E-state index contributed by atoms with van der Waals surface area (Å²) in [6.45, 7) is 2.43. The summed E-state index contributed by atoms with van der Waals surface area (Å²) in [5.74, 6) is 0. The molecule has 0 saturated carbocycles. The van der Waals surface area contributed by atoms with E-state index < -0.39 is 11.7 Å². The maximum atomic E-state index is 13.3. The van der Waals surface area contributed by atoms with Crippen LogP contribution in [0.1, 0.15) is 23.1 Å². The van der Waals surface area contributed by atoms with E-state index in [0.29, 0.717) is 17.1 Å². The number of halogens is 4. The second kappa shape index (κ2) is 7.77. The lowest BCUT2D eigenvalue weighted by atomic mass is 10.0. The van der Waals surface area contributed by atoms with Crippen molar-refractivity contribution in [1.82, 2.24) is 10.2 Å². The topological polar surface area (TPSA) is 15.3 Å². The molecule has 1 fully saturated rings. The van der Waals surface area contributed by atoms with Gasteiger partial charge in [-0.3, -0.25) is 4.90 Å². The molecule has 2 aromatic carbocycles. The van der Waals surface area contributed by atoms with Crippen LogP contribution in [0.3, 0.4) is 0 Å². The summed E-state index contributed by atoms with van der Waals surface area (Å²) in [6.07, 6.45) is -3.43. The zero-order chi connectivity index (χ0) is 17.9. The maximum absolute atomic E-state index is 13.3. The van der Waals surface area contributed by atoms with Crippen molar-refractivity contribution in [3.63, 3.8) is 0 Å². The van der Waals surface area contributed by atoms with Crippen LogP contribution < -0.4 is 5.32 Å². The van der Waals surface area contributed by atoms with E-state index in [1.807, 2.05) is 24.3 Å². The van der Waals surface area contributed by atoms with Crippen LogP contribution in [0, 0.1) is 0 Å². The summed E-state index contributed by atoms with van der Waals surface area (Å²) in [4.78, 5) is 2.09. The van der Waals surface area contributed by atoms with Gasteiger partial charge in [0.2, 0.25) is 0 Å². The van der Waals surface area contributed by atoms with Crippen LogP contribution in [-0.4, -0.2) is 24.0 Å². The molecule has 3 rings (SSSR count). The van der Waals surface area contributed by atoms with Gasteiger partial charge in [0.1, 0.15) is 0 Å². The summed E-state index contributed by atoms with van der Waals surface area (Å²) < 4.78 is 39.9. The second-order valence-electron chi connectivity index (χ2n) is 6.30. The minimum atomic E-state index is -4.35. The molecule has 1 aliphatic heterocycles. The fourth-order valence-electron chi connectivity index (χ4n) is 3.26. The lowest BCUT2D eigenvalue weighted by Crippen LogP contribution is -2.36. The molecule has 25 heavy (non-hydrogen) atoms. The van der Waals surface area contributed by atoms with E-state index in [-0.39, 0.29) is 12.6 Å². The van der Waals surface area contributed by atoms with E-state index in [2.05, 4.69) is 10.2 Å². The molecule has 2 aromatic rings. The zero-order valence-corrected chi connectivity index (χ0v) is 14.4. The maximum Gasteiger partial charge on any atom is 0.416 e. The second-order valence-corrected chi connectivity index (χ2v) is 6.71. The van der Waals surface area contributed by atoms with Crippen molar-refractivity contribution in [2.24, 2.45) is 0 Å². The molecule has 1 heterocycles. The highest BCUT2D eigenvalue weighted by Crippen LogP contribution is 2.33. The molecule has 1 atom stereocenters. The summed E-state index contributed by atoms with van der Waals surface area (Å²) in [6, 6.07) is 13.5. The van der Waals surface area contributed by atoms with Crippen molar-refractivity contribution in [3.05, 3.63) is 70.2 Å². The average Bonchev–Trinajstić information content (AvgIpc) is 3.10. The standard InChI is InChI=1S/C19H20ClF3N2/c20-18-8-4-2-6-15(18)13-25(16-9-10-24-11-16)12-14-5-1-3-7-17(14)19(21,22)23/h1-8,16,24H,9-13H2. The van der Waals surface area contributed by atoms with Crippen molar-refractivity contribution in [2.75, 3.05) is 13.1 Å². The molecule has 0 aromatic heterocycles. The quantitative estimate of drug-likeness (QED) is 0.821. The monoisotopic (exact) mass is 368 g/mol. The molecule has 1 N–H and O–H groups in total. The summed E-state index contributed by atoms with van der Waals surface area (Å²) >= 11 is 6.26. The minimum Gasteiger partial charge on any atom is -0.315 e. The van der Waals surface area contributed by atoms with Crippen LogP contribution >= 0.6 is 11.6 Å². The fourth-order valence-corrected chi connectivity index (χ4v) is 3.46. The zero-order valence-electron chi connectivity index (χ0n) is 13.7. The number of nitrogens with zero attached hydrogens (tertiary/aromatic N) is 1. The normalized spacial score (nSPS) is 18.0. The Bertz CT molecular complexity index is 712. The molecular weight excluding hydrogens is 349 g/mol. The first kappa shape index (κ1) is 18.2. The third kappa shape index (κ3) is 4.54. The Kier molecular flexibility index (Phi) is 5.67. The molecule has 1 unspecified atom stereocenters. The number of alkyl halides is 3. The van der Waals surface area contributed by atoms with Crippen LogP contribution in [0.2, 0.25) is 5.02 Å². The molecular formula is C19H20ClF3N2. The van der Waals surface area contributed by atoms with Gasteiger partial charge in [0.05, 0.1) is 5.56 Å². The van der Waals surface area contributed by atoms with Gasteiger partial charge in [0.25, 0.3) is 0 Å². The molecule has 6 heteroatoms. The molecule has 0 spiro atoms. The molecule has 134 valence electrons. The lowest BCUT2D eigenvalue weighted by molar-refractivity contribution is -0.138. The van der Waals surface area contributed by atoms with Crippen LogP contribution in [0.5, 0.6) is 0 Å². The van der Waals surface area contributed by atoms with Gasteiger partial charge in [0, 0.05) is 30.7 Å². The Balaban J connectivity index is 1.87. The third-order valence-corrected chi connectivity index (χ3v) is 4.95. The first-order valence-electron chi connectivity index (χ1n) is 8.28. The van der Waals surface area contributed by atoms with E-state index in [1.54, 1.807) is 12.1 Å². The predicted octanol–water partition coefficient (Wildman–Crippen LogP) is 4.72. The molecule has 0 amide bonds. The van der Waals surface area contributed by atoms with Crippen molar-refractivity contribution >= 4 is 11.6 Å². The van der Waals surface area contributed by atoms with Crippen molar-refractivity contribution in [1.29, 1.82) is 0 Å². The van der Waals surface area contributed by atoms with Gasteiger partial charge >= 0.3 is 6.18 Å². The van der Waals surface area contributed by atoms with E-state index in [1.165, 1.54) is 6.07 Å². The number of nitrogens with one attached hydrogen (secondary N) is 1. The molecule has 0 aliphatic carbocycles. The molecule has 0 radical (unpaired) electrons. The summed E-state index contributed by atoms with van der Waals surface area (Å²) in [5, 5.41) is 3.93. The van der Waals surface area contributed by atoms with Gasteiger partial charge in [-0.1, -0.05) is 48.0 Å². The number of hydrogen-bond donors (Lipinski definition) is 1. The van der Waals surface area contributed by atoms with Gasteiger partial charge < -0.3 is 5.32 Å². The Hall–Kier alpha value is -1.56. The predicted molar refractivity (Wildman–Crippen MR) is 93.4 cm³/mol. The third-order valence-electron chi connectivity index (χ3n) is 4.58. The number of hydrogen-bond acceptors (Lipinski definition) is 2. The molecule has 1 saturated heterocycles. The van der Waals surface area contributed by atoms with E-state index in [0.717, 1.165) is 31.1 Å². The van der Waals surface area contributed by atoms with Crippen LogP contribution in [-0.2, 0) is 19.3 Å². The van der Waals surface area contributed by atoms with Crippen molar-refractivity contribution < 1.29 is 13.2 Å². The van der Waals surface area contributed by atoms with Gasteiger partial charge in [0.15, 0.2) is 0 Å². The van der Waals surface area contributed by atoms with Gasteiger partial charge in [-0.15, -0.1) is 0 Å².